The fraction of sp³-hybridized carbons (Fsp3) is 0.316. The molecular weight excluding hydrogens is 365 g/mol. The Morgan fingerprint density at radius 2 is 2.04 bits per heavy atom. The molecule has 0 saturated carbocycles. The first-order valence-electron chi connectivity index (χ1n) is 8.86. The van der Waals surface area contributed by atoms with Gasteiger partial charge in [0.05, 0.1) is 24.0 Å². The van der Waals surface area contributed by atoms with Crippen molar-refractivity contribution in [2.24, 2.45) is 5.73 Å². The van der Waals surface area contributed by atoms with E-state index in [1.54, 1.807) is 23.1 Å². The summed E-state index contributed by atoms with van der Waals surface area (Å²) in [6.07, 6.45) is 1.54. The second kappa shape index (κ2) is 8.32. The molecule has 8 nitrogen and oxygen atoms in total. The number of benzene rings is 1. The molecular formula is C19H22FN5O3. The third-order valence-electron chi connectivity index (χ3n) is 4.52. The van der Waals surface area contributed by atoms with Gasteiger partial charge in [-0.25, -0.2) is 4.39 Å². The molecule has 0 radical (unpaired) electrons. The molecule has 2 aromatic rings. The van der Waals surface area contributed by atoms with Crippen LogP contribution in [-0.4, -0.2) is 53.0 Å². The number of hydrogen-bond donors (Lipinski definition) is 3. The van der Waals surface area contributed by atoms with Gasteiger partial charge in [0.2, 0.25) is 11.8 Å². The summed E-state index contributed by atoms with van der Waals surface area (Å²) in [6, 6.07) is 8.32. The number of nitrogens with one attached hydrogen (secondary N) is 2. The molecule has 1 aliphatic heterocycles. The third-order valence-corrected chi connectivity index (χ3v) is 4.52. The van der Waals surface area contributed by atoms with E-state index in [9.17, 15) is 18.8 Å². The van der Waals surface area contributed by atoms with Crippen LogP contribution in [-0.2, 0) is 9.59 Å². The normalized spacial score (nSPS) is 19.4. The quantitative estimate of drug-likeness (QED) is 0.672. The highest BCUT2D eigenvalue weighted by molar-refractivity contribution is 5.92. The summed E-state index contributed by atoms with van der Waals surface area (Å²) in [6.45, 7) is 2.35. The van der Waals surface area contributed by atoms with Gasteiger partial charge in [0.15, 0.2) is 0 Å². The molecule has 1 aromatic carbocycles. The minimum absolute atomic E-state index is 0.0274. The smallest absolute Gasteiger partial charge is 0.255 e. The Bertz CT molecular complexity index is 945. The fourth-order valence-corrected chi connectivity index (χ4v) is 3.25. The average molecular weight is 387 g/mol. The van der Waals surface area contributed by atoms with Crippen LogP contribution >= 0.6 is 0 Å². The highest BCUT2D eigenvalue weighted by atomic mass is 19.1. The number of likely N-dealkylation sites (tertiary alicyclic amines) is 1. The first kappa shape index (κ1) is 19.7. The van der Waals surface area contributed by atoms with Crippen molar-refractivity contribution in [1.29, 1.82) is 0 Å². The van der Waals surface area contributed by atoms with Crippen molar-refractivity contribution >= 4 is 17.5 Å². The molecule has 9 heteroatoms. The zero-order valence-electron chi connectivity index (χ0n) is 15.4. The largest absolute Gasteiger partial charge is 0.351 e. The van der Waals surface area contributed by atoms with Gasteiger partial charge in [-0.05, 0) is 18.2 Å². The summed E-state index contributed by atoms with van der Waals surface area (Å²) in [5.41, 5.74) is 6.09. The number of carbonyl (C=O) groups excluding carboxylic acids is 2. The molecule has 0 spiro atoms. The Morgan fingerprint density at radius 3 is 2.71 bits per heavy atom. The van der Waals surface area contributed by atoms with Gasteiger partial charge in [0.1, 0.15) is 5.82 Å². The van der Waals surface area contributed by atoms with Crippen molar-refractivity contribution < 1.29 is 14.0 Å². The zero-order chi connectivity index (χ0) is 20.3. The van der Waals surface area contributed by atoms with Gasteiger partial charge in [-0.3, -0.25) is 23.9 Å². The van der Waals surface area contributed by atoms with E-state index < -0.39 is 5.82 Å². The minimum atomic E-state index is -0.643. The summed E-state index contributed by atoms with van der Waals surface area (Å²) in [5, 5.41) is 5.28. The number of rotatable bonds is 5. The summed E-state index contributed by atoms with van der Waals surface area (Å²) in [4.78, 5) is 37.1. The van der Waals surface area contributed by atoms with Gasteiger partial charge in [0.25, 0.3) is 5.56 Å². The van der Waals surface area contributed by atoms with Crippen LogP contribution in [0, 0.1) is 5.82 Å². The highest BCUT2D eigenvalue weighted by Gasteiger charge is 2.31. The van der Waals surface area contributed by atoms with E-state index in [0.29, 0.717) is 18.8 Å². The van der Waals surface area contributed by atoms with Crippen LogP contribution in [0.1, 0.15) is 6.92 Å². The second-order valence-electron chi connectivity index (χ2n) is 6.79. The van der Waals surface area contributed by atoms with E-state index >= 15 is 0 Å². The number of pyridine rings is 1. The van der Waals surface area contributed by atoms with Gasteiger partial charge in [-0.2, -0.15) is 0 Å². The van der Waals surface area contributed by atoms with Crippen molar-refractivity contribution in [3.05, 3.63) is 58.8 Å². The van der Waals surface area contributed by atoms with E-state index in [0.717, 1.165) is 0 Å². The number of aromatic nitrogens is 1. The second-order valence-corrected chi connectivity index (χ2v) is 6.79. The number of halogens is 1. The molecule has 2 amide bonds. The monoisotopic (exact) mass is 387 g/mol. The van der Waals surface area contributed by atoms with Crippen LogP contribution in [0.5, 0.6) is 0 Å². The van der Waals surface area contributed by atoms with Crippen LogP contribution in [0.4, 0.5) is 10.1 Å². The highest BCUT2D eigenvalue weighted by Crippen LogP contribution is 2.18. The van der Waals surface area contributed by atoms with Crippen molar-refractivity contribution in [3.8, 4) is 5.69 Å². The molecule has 1 aliphatic rings. The Hall–Kier alpha value is -3.04. The Balaban J connectivity index is 1.63. The number of hydrogen-bond acceptors (Lipinski definition) is 5. The minimum Gasteiger partial charge on any atom is -0.351 e. The lowest BCUT2D eigenvalue weighted by Crippen LogP contribution is -2.45. The van der Waals surface area contributed by atoms with E-state index in [2.05, 4.69) is 10.6 Å². The summed E-state index contributed by atoms with van der Waals surface area (Å²) >= 11 is 0. The lowest BCUT2D eigenvalue weighted by Gasteiger charge is -2.16. The van der Waals surface area contributed by atoms with Crippen LogP contribution < -0.4 is 21.9 Å². The third kappa shape index (κ3) is 4.62. The van der Waals surface area contributed by atoms with Gasteiger partial charge >= 0.3 is 0 Å². The summed E-state index contributed by atoms with van der Waals surface area (Å²) in [5.74, 6) is -1.21. The van der Waals surface area contributed by atoms with Crippen molar-refractivity contribution in [1.82, 2.24) is 14.8 Å². The number of nitrogens with zero attached hydrogens (tertiary/aromatic N) is 2. The van der Waals surface area contributed by atoms with Crippen molar-refractivity contribution in [2.45, 2.75) is 19.0 Å². The van der Waals surface area contributed by atoms with Crippen molar-refractivity contribution in [3.63, 3.8) is 0 Å². The van der Waals surface area contributed by atoms with Gasteiger partial charge in [-0.15, -0.1) is 0 Å². The summed E-state index contributed by atoms with van der Waals surface area (Å²) < 4.78 is 15.7. The number of amides is 2. The van der Waals surface area contributed by atoms with E-state index in [1.165, 1.54) is 35.9 Å². The molecule has 1 saturated heterocycles. The molecule has 1 unspecified atom stereocenters. The van der Waals surface area contributed by atoms with E-state index in [1.807, 2.05) is 0 Å². The zero-order valence-corrected chi connectivity index (χ0v) is 15.4. The molecule has 28 heavy (non-hydrogen) atoms. The molecule has 0 aliphatic carbocycles. The molecule has 148 valence electrons. The van der Waals surface area contributed by atoms with Gasteiger partial charge < -0.3 is 16.4 Å². The van der Waals surface area contributed by atoms with Crippen LogP contribution in [0.2, 0.25) is 0 Å². The number of carbonyl (C=O) groups is 2. The molecule has 1 fully saturated rings. The maximum atomic E-state index is 14.4. The lowest BCUT2D eigenvalue weighted by molar-refractivity contribution is -0.119. The van der Waals surface area contributed by atoms with Gasteiger partial charge in [-0.1, -0.05) is 6.07 Å². The van der Waals surface area contributed by atoms with Crippen LogP contribution in [0.25, 0.3) is 5.69 Å². The number of nitrogens with two attached hydrogens (primary N) is 1. The Kier molecular flexibility index (Phi) is 5.86. The molecule has 4 N–H and O–H groups in total. The summed E-state index contributed by atoms with van der Waals surface area (Å²) in [7, 11) is 0. The van der Waals surface area contributed by atoms with E-state index in [4.69, 9.17) is 5.73 Å². The maximum absolute atomic E-state index is 14.4. The first-order chi connectivity index (χ1) is 13.3. The van der Waals surface area contributed by atoms with E-state index in [-0.39, 0.29) is 41.7 Å². The molecule has 1 aromatic heterocycles. The van der Waals surface area contributed by atoms with Crippen LogP contribution in [0.15, 0.2) is 47.4 Å². The average Bonchev–Trinajstić information content (AvgIpc) is 2.95. The standard InChI is InChI=1S/C19H22FN5O3/c1-12(26)22-17-10-24(9-15(17)21)11-18(27)23-16-6-5-13(8-14(16)20)25-7-3-2-4-19(25)28/h2-8,15,17H,9-11,21H2,1H3,(H,22,26)(H,23,27)/t15-,17?/m0/s1. The fourth-order valence-electron chi connectivity index (χ4n) is 3.25. The molecule has 0 bridgehead atoms. The predicted molar refractivity (Wildman–Crippen MR) is 103 cm³/mol. The molecule has 2 heterocycles. The maximum Gasteiger partial charge on any atom is 0.255 e. The number of anilines is 1. The first-order valence-corrected chi connectivity index (χ1v) is 8.86. The van der Waals surface area contributed by atoms with Crippen LogP contribution in [0.3, 0.4) is 0 Å². The van der Waals surface area contributed by atoms with Gasteiger partial charge in [0, 0.05) is 44.4 Å². The SMILES string of the molecule is CC(=O)NC1CN(CC(=O)Nc2ccc(-n3ccccc3=O)cc2F)C[C@@H]1N. The van der Waals surface area contributed by atoms with Crippen molar-refractivity contribution in [2.75, 3.05) is 25.0 Å². The Morgan fingerprint density at radius 1 is 1.25 bits per heavy atom. The topological polar surface area (TPSA) is 109 Å². The molecule has 2 atom stereocenters. The molecule has 3 rings (SSSR count). The Labute approximate surface area is 161 Å². The predicted octanol–water partition coefficient (Wildman–Crippen LogP) is 0.0627. The lowest BCUT2D eigenvalue weighted by atomic mass is 10.2.